The zero-order chi connectivity index (χ0) is 11.0. The molecule has 15 heavy (non-hydrogen) atoms. The van der Waals surface area contributed by atoms with E-state index in [4.69, 9.17) is 5.73 Å². The Morgan fingerprint density at radius 1 is 1.33 bits per heavy atom. The zero-order valence-electron chi connectivity index (χ0n) is 8.66. The van der Waals surface area contributed by atoms with E-state index in [9.17, 15) is 0 Å². The van der Waals surface area contributed by atoms with Crippen LogP contribution in [0.3, 0.4) is 0 Å². The molecule has 0 radical (unpaired) electrons. The number of imidazole rings is 1. The molecule has 2 N–H and O–H groups in total. The molecule has 1 aromatic carbocycles. The molecule has 0 saturated heterocycles. The highest BCUT2D eigenvalue weighted by atomic mass is 79.9. The first-order valence-electron chi connectivity index (χ1n) is 4.65. The van der Waals surface area contributed by atoms with E-state index < -0.39 is 0 Å². The maximum absolute atomic E-state index is 5.75. The van der Waals surface area contributed by atoms with E-state index in [0.29, 0.717) is 5.95 Å². The average Bonchev–Trinajstić information content (AvgIpc) is 2.47. The molecule has 3 nitrogen and oxygen atoms in total. The third-order valence-corrected chi connectivity index (χ3v) is 3.37. The van der Waals surface area contributed by atoms with Crippen molar-refractivity contribution in [3.05, 3.63) is 34.4 Å². The minimum absolute atomic E-state index is 0.514. The summed E-state index contributed by atoms with van der Waals surface area (Å²) < 4.78 is 2.73. The van der Waals surface area contributed by atoms with E-state index in [1.165, 1.54) is 5.56 Å². The lowest BCUT2D eigenvalue weighted by molar-refractivity contribution is 0.907. The summed E-state index contributed by atoms with van der Waals surface area (Å²) in [5.41, 5.74) is 8.95. The smallest absolute Gasteiger partial charge is 0.201 e. The topological polar surface area (TPSA) is 43.8 Å². The van der Waals surface area contributed by atoms with Crippen LogP contribution in [0.25, 0.3) is 11.3 Å². The number of rotatable bonds is 1. The fraction of sp³-hybridized carbons (Fsp3) is 0.182. The summed E-state index contributed by atoms with van der Waals surface area (Å²) in [5, 5.41) is 0. The van der Waals surface area contributed by atoms with Crippen molar-refractivity contribution in [3.8, 4) is 11.3 Å². The number of halogens is 1. The lowest BCUT2D eigenvalue weighted by Gasteiger charge is -2.02. The molecule has 0 fully saturated rings. The van der Waals surface area contributed by atoms with E-state index in [1.807, 2.05) is 29.8 Å². The third kappa shape index (κ3) is 1.65. The fourth-order valence-electron chi connectivity index (χ4n) is 1.51. The van der Waals surface area contributed by atoms with Crippen molar-refractivity contribution in [3.63, 3.8) is 0 Å². The normalized spacial score (nSPS) is 10.6. The largest absolute Gasteiger partial charge is 0.369 e. The number of hydrogen-bond acceptors (Lipinski definition) is 2. The van der Waals surface area contributed by atoms with Gasteiger partial charge in [0, 0.05) is 12.6 Å². The third-order valence-electron chi connectivity index (χ3n) is 2.46. The predicted octanol–water partition coefficient (Wildman–Crippen LogP) is 2.74. The molecule has 0 bridgehead atoms. The molecule has 0 aliphatic rings. The van der Waals surface area contributed by atoms with Crippen molar-refractivity contribution in [2.45, 2.75) is 6.92 Å². The molecule has 0 unspecified atom stereocenters. The monoisotopic (exact) mass is 265 g/mol. The van der Waals surface area contributed by atoms with Crippen LogP contribution in [0.4, 0.5) is 5.95 Å². The highest BCUT2D eigenvalue weighted by molar-refractivity contribution is 9.10. The van der Waals surface area contributed by atoms with Crippen LogP contribution in [0.15, 0.2) is 28.9 Å². The molecule has 0 aliphatic carbocycles. The second-order valence-electron chi connectivity index (χ2n) is 3.48. The maximum Gasteiger partial charge on any atom is 0.201 e. The molecule has 0 atom stereocenters. The van der Waals surface area contributed by atoms with Gasteiger partial charge in [-0.1, -0.05) is 24.3 Å². The molecule has 0 aliphatic heterocycles. The highest BCUT2D eigenvalue weighted by Gasteiger charge is 2.13. The number of nitrogens with zero attached hydrogens (tertiary/aromatic N) is 2. The Labute approximate surface area is 97.1 Å². The fourth-order valence-corrected chi connectivity index (χ4v) is 1.99. The van der Waals surface area contributed by atoms with Crippen molar-refractivity contribution in [2.24, 2.45) is 7.05 Å². The molecular formula is C11H12BrN3. The average molecular weight is 266 g/mol. The zero-order valence-corrected chi connectivity index (χ0v) is 10.2. The SMILES string of the molecule is Cc1ccccc1-c1nc(N)n(C)c1Br. The Hall–Kier alpha value is -1.29. The van der Waals surface area contributed by atoms with E-state index in [2.05, 4.69) is 33.9 Å². The van der Waals surface area contributed by atoms with E-state index in [1.54, 1.807) is 0 Å². The van der Waals surface area contributed by atoms with Crippen LogP contribution >= 0.6 is 15.9 Å². The molecule has 78 valence electrons. The van der Waals surface area contributed by atoms with Gasteiger partial charge in [0.2, 0.25) is 5.95 Å². The van der Waals surface area contributed by atoms with Crippen LogP contribution in [-0.2, 0) is 7.05 Å². The number of nitrogens with two attached hydrogens (primary N) is 1. The van der Waals surface area contributed by atoms with Gasteiger partial charge in [0.25, 0.3) is 0 Å². The van der Waals surface area contributed by atoms with Crippen LogP contribution in [0.1, 0.15) is 5.56 Å². The van der Waals surface area contributed by atoms with Gasteiger partial charge in [-0.3, -0.25) is 0 Å². The lowest BCUT2D eigenvalue weighted by Crippen LogP contribution is -1.96. The van der Waals surface area contributed by atoms with Crippen LogP contribution in [0.2, 0.25) is 0 Å². The van der Waals surface area contributed by atoms with Crippen molar-refractivity contribution >= 4 is 21.9 Å². The Morgan fingerprint density at radius 2 is 2.00 bits per heavy atom. The van der Waals surface area contributed by atoms with Crippen molar-refractivity contribution < 1.29 is 0 Å². The summed E-state index contributed by atoms with van der Waals surface area (Å²) in [7, 11) is 1.88. The summed E-state index contributed by atoms with van der Waals surface area (Å²) in [6, 6.07) is 8.12. The molecule has 2 rings (SSSR count). The number of aromatic nitrogens is 2. The number of nitrogen functional groups attached to an aromatic ring is 1. The second kappa shape index (κ2) is 3.70. The number of hydrogen-bond donors (Lipinski definition) is 1. The van der Waals surface area contributed by atoms with Crippen molar-refractivity contribution in [2.75, 3.05) is 5.73 Å². The summed E-state index contributed by atoms with van der Waals surface area (Å²) >= 11 is 3.49. The van der Waals surface area contributed by atoms with Crippen LogP contribution in [0, 0.1) is 6.92 Å². The number of aryl methyl sites for hydroxylation is 1. The number of anilines is 1. The number of benzene rings is 1. The van der Waals surface area contributed by atoms with Gasteiger partial charge >= 0.3 is 0 Å². The Morgan fingerprint density at radius 3 is 2.53 bits per heavy atom. The summed E-state index contributed by atoms with van der Waals surface area (Å²) in [6.07, 6.45) is 0. The first-order valence-corrected chi connectivity index (χ1v) is 5.44. The van der Waals surface area contributed by atoms with Gasteiger partial charge in [0.15, 0.2) is 0 Å². The second-order valence-corrected chi connectivity index (χ2v) is 4.23. The quantitative estimate of drug-likeness (QED) is 0.862. The van der Waals surface area contributed by atoms with Gasteiger partial charge in [-0.25, -0.2) is 4.98 Å². The van der Waals surface area contributed by atoms with Gasteiger partial charge in [0.1, 0.15) is 10.3 Å². The Bertz CT molecular complexity index is 503. The first-order chi connectivity index (χ1) is 7.11. The van der Waals surface area contributed by atoms with Gasteiger partial charge in [0.05, 0.1) is 0 Å². The molecule has 1 aromatic heterocycles. The molecule has 0 spiro atoms. The lowest BCUT2D eigenvalue weighted by atomic mass is 10.1. The van der Waals surface area contributed by atoms with E-state index in [-0.39, 0.29) is 0 Å². The predicted molar refractivity (Wildman–Crippen MR) is 65.5 cm³/mol. The van der Waals surface area contributed by atoms with E-state index in [0.717, 1.165) is 15.9 Å². The molecule has 0 amide bonds. The van der Waals surface area contributed by atoms with Gasteiger partial charge in [-0.05, 0) is 28.4 Å². The van der Waals surface area contributed by atoms with Crippen LogP contribution in [-0.4, -0.2) is 9.55 Å². The van der Waals surface area contributed by atoms with Crippen molar-refractivity contribution in [1.29, 1.82) is 0 Å². The molecule has 0 saturated carbocycles. The highest BCUT2D eigenvalue weighted by Crippen LogP contribution is 2.30. The van der Waals surface area contributed by atoms with Crippen LogP contribution in [0.5, 0.6) is 0 Å². The van der Waals surface area contributed by atoms with Crippen molar-refractivity contribution in [1.82, 2.24) is 9.55 Å². The molecular weight excluding hydrogens is 254 g/mol. The summed E-state index contributed by atoms with van der Waals surface area (Å²) in [4.78, 5) is 4.33. The van der Waals surface area contributed by atoms with Crippen LogP contribution < -0.4 is 5.73 Å². The molecule has 1 heterocycles. The van der Waals surface area contributed by atoms with Gasteiger partial charge < -0.3 is 10.3 Å². The Balaban J connectivity index is 2.65. The first kappa shape index (κ1) is 10.2. The maximum atomic E-state index is 5.75. The molecule has 2 aromatic rings. The van der Waals surface area contributed by atoms with Gasteiger partial charge in [-0.15, -0.1) is 0 Å². The molecule has 4 heteroatoms. The standard InChI is InChI=1S/C11H12BrN3/c1-7-5-3-4-6-8(7)9-10(12)15(2)11(13)14-9/h3-6H,1-2H3,(H2,13,14). The minimum Gasteiger partial charge on any atom is -0.369 e. The summed E-state index contributed by atoms with van der Waals surface area (Å²) in [6.45, 7) is 2.06. The Kier molecular flexibility index (Phi) is 2.52. The van der Waals surface area contributed by atoms with E-state index >= 15 is 0 Å². The van der Waals surface area contributed by atoms with Gasteiger partial charge in [-0.2, -0.15) is 0 Å². The minimum atomic E-state index is 0.514. The summed E-state index contributed by atoms with van der Waals surface area (Å²) in [5.74, 6) is 0.514.